The Morgan fingerprint density at radius 3 is 2.69 bits per heavy atom. The van der Waals surface area contributed by atoms with Crippen LogP contribution in [0, 0.1) is 0 Å². The zero-order valence-electron chi connectivity index (χ0n) is 10.4. The number of nitrogens with one attached hydrogen (secondary N) is 1. The maximum absolute atomic E-state index is 9.70. The Kier molecular flexibility index (Phi) is 4.90. The maximum atomic E-state index is 9.70. The molecule has 0 amide bonds. The molecule has 0 aliphatic carbocycles. The van der Waals surface area contributed by atoms with Crippen molar-refractivity contribution in [2.24, 2.45) is 0 Å². The van der Waals surface area contributed by atoms with Crippen LogP contribution in [0.25, 0.3) is 0 Å². The van der Waals surface area contributed by atoms with E-state index in [-0.39, 0.29) is 6.04 Å². The Hall–Kier alpha value is -0.930. The van der Waals surface area contributed by atoms with Crippen LogP contribution in [0.3, 0.4) is 0 Å². The van der Waals surface area contributed by atoms with Gasteiger partial charge >= 0.3 is 0 Å². The van der Waals surface area contributed by atoms with E-state index < -0.39 is 5.60 Å². The molecule has 1 unspecified atom stereocenters. The van der Waals surface area contributed by atoms with E-state index in [0.717, 1.165) is 18.5 Å². The largest absolute Gasteiger partial charge is 0.389 e. The SMILES string of the molecule is CCCC(NCC(C)(C)O)c1ccccn1. The first-order valence-corrected chi connectivity index (χ1v) is 5.89. The van der Waals surface area contributed by atoms with Crippen molar-refractivity contribution in [2.75, 3.05) is 6.54 Å². The highest BCUT2D eigenvalue weighted by Crippen LogP contribution is 2.16. The fourth-order valence-electron chi connectivity index (χ4n) is 1.60. The summed E-state index contributed by atoms with van der Waals surface area (Å²) < 4.78 is 0. The summed E-state index contributed by atoms with van der Waals surface area (Å²) in [7, 11) is 0. The molecule has 1 rings (SSSR count). The number of aliphatic hydroxyl groups is 1. The maximum Gasteiger partial charge on any atom is 0.0715 e. The molecule has 1 aromatic rings. The van der Waals surface area contributed by atoms with Crippen LogP contribution in [0.4, 0.5) is 0 Å². The summed E-state index contributed by atoms with van der Waals surface area (Å²) in [4.78, 5) is 4.35. The van der Waals surface area contributed by atoms with Crippen molar-refractivity contribution in [3.05, 3.63) is 30.1 Å². The smallest absolute Gasteiger partial charge is 0.0715 e. The van der Waals surface area contributed by atoms with Gasteiger partial charge in [-0.1, -0.05) is 19.4 Å². The standard InChI is InChI=1S/C13H22N2O/c1-4-7-11(15-10-13(2,3)16)12-8-5-6-9-14-12/h5-6,8-9,11,15-16H,4,7,10H2,1-3H3. The Labute approximate surface area is 97.9 Å². The molecule has 16 heavy (non-hydrogen) atoms. The lowest BCUT2D eigenvalue weighted by Crippen LogP contribution is -2.37. The lowest BCUT2D eigenvalue weighted by Gasteiger charge is -2.23. The van der Waals surface area contributed by atoms with Gasteiger partial charge in [-0.2, -0.15) is 0 Å². The molecule has 3 heteroatoms. The number of hydrogen-bond donors (Lipinski definition) is 2. The molecule has 0 saturated carbocycles. The number of rotatable bonds is 6. The summed E-state index contributed by atoms with van der Waals surface area (Å²) in [5, 5.41) is 13.1. The molecule has 1 atom stereocenters. The zero-order valence-corrected chi connectivity index (χ0v) is 10.4. The van der Waals surface area contributed by atoms with Crippen LogP contribution in [0.15, 0.2) is 24.4 Å². The summed E-state index contributed by atoms with van der Waals surface area (Å²) in [6, 6.07) is 6.18. The highest BCUT2D eigenvalue weighted by molar-refractivity contribution is 5.08. The van der Waals surface area contributed by atoms with E-state index in [4.69, 9.17) is 0 Å². The predicted octanol–water partition coefficient (Wildman–Crippen LogP) is 2.28. The van der Waals surface area contributed by atoms with E-state index in [1.807, 2.05) is 24.4 Å². The molecule has 1 heterocycles. The van der Waals surface area contributed by atoms with Gasteiger partial charge in [-0.25, -0.2) is 0 Å². The molecule has 0 aliphatic heterocycles. The first-order chi connectivity index (χ1) is 7.53. The zero-order chi connectivity index (χ0) is 12.0. The van der Waals surface area contributed by atoms with Crippen molar-refractivity contribution >= 4 is 0 Å². The van der Waals surface area contributed by atoms with Gasteiger partial charge in [0.2, 0.25) is 0 Å². The number of pyridine rings is 1. The van der Waals surface area contributed by atoms with Crippen molar-refractivity contribution in [1.29, 1.82) is 0 Å². The second kappa shape index (κ2) is 5.97. The third kappa shape index (κ3) is 4.73. The van der Waals surface area contributed by atoms with Crippen molar-refractivity contribution in [3.8, 4) is 0 Å². The van der Waals surface area contributed by atoms with Gasteiger partial charge in [0.15, 0.2) is 0 Å². The molecule has 3 nitrogen and oxygen atoms in total. The van der Waals surface area contributed by atoms with Gasteiger partial charge in [-0.05, 0) is 32.4 Å². The highest BCUT2D eigenvalue weighted by atomic mass is 16.3. The van der Waals surface area contributed by atoms with E-state index in [9.17, 15) is 5.11 Å². The fourth-order valence-corrected chi connectivity index (χ4v) is 1.60. The number of aromatic nitrogens is 1. The molecule has 2 N–H and O–H groups in total. The van der Waals surface area contributed by atoms with E-state index in [1.54, 1.807) is 13.8 Å². The fraction of sp³-hybridized carbons (Fsp3) is 0.615. The minimum Gasteiger partial charge on any atom is -0.389 e. The monoisotopic (exact) mass is 222 g/mol. The quantitative estimate of drug-likeness (QED) is 0.776. The molecule has 0 radical (unpaired) electrons. The van der Waals surface area contributed by atoms with E-state index in [1.165, 1.54) is 0 Å². The van der Waals surface area contributed by atoms with Crippen LogP contribution in [-0.4, -0.2) is 22.2 Å². The normalized spacial score (nSPS) is 13.8. The Morgan fingerprint density at radius 2 is 2.19 bits per heavy atom. The minimum absolute atomic E-state index is 0.234. The Balaban J connectivity index is 2.61. The van der Waals surface area contributed by atoms with Gasteiger partial charge in [0.25, 0.3) is 0 Å². The second-order valence-corrected chi connectivity index (χ2v) is 4.79. The summed E-state index contributed by atoms with van der Waals surface area (Å²) in [5.74, 6) is 0. The van der Waals surface area contributed by atoms with Gasteiger partial charge in [0.1, 0.15) is 0 Å². The number of hydrogen-bond acceptors (Lipinski definition) is 3. The lowest BCUT2D eigenvalue weighted by molar-refractivity contribution is 0.0758. The first-order valence-electron chi connectivity index (χ1n) is 5.89. The van der Waals surface area contributed by atoms with Crippen molar-refractivity contribution in [3.63, 3.8) is 0 Å². The molecule has 90 valence electrons. The summed E-state index contributed by atoms with van der Waals surface area (Å²) >= 11 is 0. The predicted molar refractivity (Wildman–Crippen MR) is 66.2 cm³/mol. The lowest BCUT2D eigenvalue weighted by atomic mass is 10.1. The van der Waals surface area contributed by atoms with Crippen molar-refractivity contribution in [1.82, 2.24) is 10.3 Å². The first kappa shape index (κ1) is 13.1. The van der Waals surface area contributed by atoms with Gasteiger partial charge < -0.3 is 10.4 Å². The Morgan fingerprint density at radius 1 is 1.44 bits per heavy atom. The van der Waals surface area contributed by atoms with Crippen LogP contribution >= 0.6 is 0 Å². The molecular formula is C13H22N2O. The molecule has 0 saturated heterocycles. The minimum atomic E-state index is -0.680. The second-order valence-electron chi connectivity index (χ2n) is 4.79. The van der Waals surface area contributed by atoms with Gasteiger partial charge in [0.05, 0.1) is 11.3 Å². The van der Waals surface area contributed by atoms with E-state index in [0.29, 0.717) is 6.54 Å². The van der Waals surface area contributed by atoms with Crippen LogP contribution < -0.4 is 5.32 Å². The van der Waals surface area contributed by atoms with Crippen LogP contribution in [0.5, 0.6) is 0 Å². The summed E-state index contributed by atoms with van der Waals surface area (Å²) in [6.45, 7) is 6.35. The van der Waals surface area contributed by atoms with Gasteiger partial charge in [0, 0.05) is 18.8 Å². The van der Waals surface area contributed by atoms with E-state index >= 15 is 0 Å². The third-order valence-corrected chi connectivity index (χ3v) is 2.40. The molecular weight excluding hydrogens is 200 g/mol. The molecule has 0 spiro atoms. The van der Waals surface area contributed by atoms with Gasteiger partial charge in [-0.3, -0.25) is 4.98 Å². The molecule has 0 bridgehead atoms. The highest BCUT2D eigenvalue weighted by Gasteiger charge is 2.17. The number of nitrogens with zero attached hydrogens (tertiary/aromatic N) is 1. The van der Waals surface area contributed by atoms with Crippen LogP contribution in [-0.2, 0) is 0 Å². The molecule has 0 aliphatic rings. The molecule has 0 aromatic carbocycles. The topological polar surface area (TPSA) is 45.1 Å². The van der Waals surface area contributed by atoms with Crippen LogP contribution in [0.1, 0.15) is 45.3 Å². The third-order valence-electron chi connectivity index (χ3n) is 2.40. The molecule has 1 aromatic heterocycles. The average molecular weight is 222 g/mol. The van der Waals surface area contributed by atoms with Gasteiger partial charge in [-0.15, -0.1) is 0 Å². The Bertz CT molecular complexity index is 293. The van der Waals surface area contributed by atoms with Crippen molar-refractivity contribution in [2.45, 2.75) is 45.3 Å². The van der Waals surface area contributed by atoms with Crippen LogP contribution in [0.2, 0.25) is 0 Å². The average Bonchev–Trinajstić information content (AvgIpc) is 2.24. The summed E-state index contributed by atoms with van der Waals surface area (Å²) in [6.07, 6.45) is 3.94. The van der Waals surface area contributed by atoms with Crippen molar-refractivity contribution < 1.29 is 5.11 Å². The summed E-state index contributed by atoms with van der Waals surface area (Å²) in [5.41, 5.74) is 0.370. The van der Waals surface area contributed by atoms with E-state index in [2.05, 4.69) is 17.2 Å². The molecule has 0 fully saturated rings.